The minimum absolute atomic E-state index is 0.0305. The van der Waals surface area contributed by atoms with E-state index in [0.29, 0.717) is 84.0 Å². The Hall–Kier alpha value is -11.1. The van der Waals surface area contributed by atoms with Gasteiger partial charge >= 0.3 is 0 Å². The summed E-state index contributed by atoms with van der Waals surface area (Å²) in [7, 11) is 0. The van der Waals surface area contributed by atoms with E-state index in [-0.39, 0.29) is 106 Å². The highest BCUT2D eigenvalue weighted by Crippen LogP contribution is 2.50. The summed E-state index contributed by atoms with van der Waals surface area (Å²) in [4.78, 5) is 107. The molecule has 0 radical (unpaired) electrons. The van der Waals surface area contributed by atoms with Crippen LogP contribution >= 0.6 is 0 Å². The summed E-state index contributed by atoms with van der Waals surface area (Å²) >= 11 is 0. The maximum atomic E-state index is 15.5. The number of aliphatic hydroxyl groups excluding tert-OH is 3. The monoisotopic (exact) mass is 1870 g/mol. The molecule has 20 rings (SSSR count). The summed E-state index contributed by atoms with van der Waals surface area (Å²) in [6.07, 6.45) is 33.7. The molecule has 18 heterocycles. The van der Waals surface area contributed by atoms with Gasteiger partial charge in [0.2, 0.25) is 29.5 Å². The van der Waals surface area contributed by atoms with Crippen molar-refractivity contribution in [3.63, 3.8) is 0 Å². The minimum atomic E-state index is -1.23. The molecule has 10 atom stereocenters. The number of carbonyl (C=O) groups is 5. The molecule has 7 N–H and O–H groups in total. The molecule has 30 heteroatoms. The lowest BCUT2D eigenvalue weighted by molar-refractivity contribution is -0.142. The first-order valence-electron chi connectivity index (χ1n) is 49.9. The average Bonchev–Trinajstić information content (AvgIpc) is 1.60. The highest BCUT2D eigenvalue weighted by atomic mass is 19.1. The van der Waals surface area contributed by atoms with E-state index in [0.717, 1.165) is 153 Å². The quantitative estimate of drug-likeness (QED) is 0.0502. The lowest BCUT2D eigenvalue weighted by atomic mass is 9.86. The van der Waals surface area contributed by atoms with E-state index in [9.17, 15) is 39.3 Å². The number of hydrogen-bond donors (Lipinski definition) is 5. The highest BCUT2D eigenvalue weighted by molar-refractivity contribution is 5.84. The number of halogens is 2. The van der Waals surface area contributed by atoms with Crippen LogP contribution in [0.15, 0.2) is 166 Å². The van der Waals surface area contributed by atoms with Gasteiger partial charge < -0.3 is 74.1 Å². The van der Waals surface area contributed by atoms with Crippen LogP contribution in [0.1, 0.15) is 258 Å². The van der Waals surface area contributed by atoms with Crippen LogP contribution in [0.4, 0.5) is 8.78 Å². The first kappa shape index (κ1) is 99.0. The molecule has 2 aromatic carbocycles. The largest absolute Gasteiger partial charge is 0.393 e. The number of piperidine rings is 5. The van der Waals surface area contributed by atoms with Gasteiger partial charge in [-0.1, -0.05) is 139 Å². The van der Waals surface area contributed by atoms with Gasteiger partial charge in [0, 0.05) is 147 Å². The number of amides is 5. The number of rotatable bonds is 19. The summed E-state index contributed by atoms with van der Waals surface area (Å²) in [5, 5.41) is 32.8. The highest BCUT2D eigenvalue weighted by Gasteiger charge is 2.46. The van der Waals surface area contributed by atoms with Crippen LogP contribution in [0, 0.1) is 45.8 Å². The van der Waals surface area contributed by atoms with Crippen LogP contribution < -0.4 is 11.5 Å². The number of aliphatic hydroxyl groups is 3. The molecule has 732 valence electrons. The number of benzene rings is 2. The second-order valence-electron chi connectivity index (χ2n) is 43.6. The van der Waals surface area contributed by atoms with Crippen LogP contribution in [0.25, 0.3) is 56.3 Å². The third-order valence-corrected chi connectivity index (χ3v) is 30.6. The van der Waals surface area contributed by atoms with E-state index in [1.165, 1.54) is 22.3 Å². The van der Waals surface area contributed by atoms with Crippen LogP contribution in [-0.2, 0) is 24.0 Å². The van der Waals surface area contributed by atoms with E-state index in [2.05, 4.69) is 105 Å². The van der Waals surface area contributed by atoms with Crippen molar-refractivity contribution in [3.8, 4) is 56.3 Å². The number of pyridine rings is 3. The first-order chi connectivity index (χ1) is 65.4. The van der Waals surface area contributed by atoms with Crippen molar-refractivity contribution in [1.82, 2.24) is 87.2 Å². The van der Waals surface area contributed by atoms with Gasteiger partial charge in [-0.25, -0.2) is 33.7 Å². The molecule has 10 aromatic rings. The second kappa shape index (κ2) is 41.2. The number of hydrogen-bond acceptors (Lipinski definition) is 18. The fraction of sp³-hybridized carbons (Fsp3) is 0.561. The van der Waals surface area contributed by atoms with Gasteiger partial charge in [0.1, 0.15) is 11.3 Å². The van der Waals surface area contributed by atoms with Gasteiger partial charge in [-0.3, -0.25) is 38.9 Å². The molecule has 0 bridgehead atoms. The molecular weight excluding hydrogens is 1730 g/mol. The van der Waals surface area contributed by atoms with Gasteiger partial charge in [0.05, 0.1) is 169 Å². The minimum Gasteiger partial charge on any atom is -0.393 e. The van der Waals surface area contributed by atoms with Crippen molar-refractivity contribution < 1.29 is 48.1 Å². The summed E-state index contributed by atoms with van der Waals surface area (Å²) in [5.41, 5.74) is 25.2. The smallest absolute Gasteiger partial charge is 0.239 e. The maximum Gasteiger partial charge on any atom is 0.239 e. The van der Waals surface area contributed by atoms with E-state index >= 15 is 8.78 Å². The third kappa shape index (κ3) is 21.3. The normalized spacial score (nSPS) is 21.2. The van der Waals surface area contributed by atoms with Crippen LogP contribution in [0.3, 0.4) is 0 Å². The van der Waals surface area contributed by atoms with Crippen molar-refractivity contribution >= 4 is 29.5 Å². The Kier molecular flexibility index (Phi) is 29.7. The van der Waals surface area contributed by atoms with Gasteiger partial charge in [0.25, 0.3) is 0 Å². The molecule has 5 fully saturated rings. The zero-order chi connectivity index (χ0) is 97.3. The van der Waals surface area contributed by atoms with Gasteiger partial charge in [0.15, 0.2) is 0 Å². The standard InChI is InChI=1S/2C22H29FN4O.3C21H28N4O2/c2*1-15(2)20(24)21(28)26-11-9-22(23,10-12-26)8-7-18-16-5-3-4-6-17(16)19-13-25-14-27(18)19;3*1-21(2,3)20(27)24-9-6-14(7-10-24)18(26)11-16-19-15(5-4-8-23-19)17-12-22-13-25(16)17/h2*3-6,13-15,18,20H,7-12,24H2,1-2H3;3*4-5,8,12-14,16,18,26H,6-7,9-11H2,1-3H3/t2*18?,20-;;;/m00.../s1. The van der Waals surface area contributed by atoms with E-state index < -0.39 is 41.7 Å². The fourth-order valence-electron chi connectivity index (χ4n) is 22.2. The lowest BCUT2D eigenvalue weighted by Gasteiger charge is -2.38. The molecular formula is C107H142F2N20O8. The molecule has 0 saturated carbocycles. The molecule has 0 spiro atoms. The van der Waals surface area contributed by atoms with Crippen molar-refractivity contribution in [1.29, 1.82) is 0 Å². The number of carbonyl (C=O) groups excluding carboxylic acids is 5. The second-order valence-corrected chi connectivity index (χ2v) is 43.6. The Balaban J connectivity index is 0.000000124. The number of nitrogens with zero attached hydrogens (tertiary/aromatic N) is 18. The molecule has 8 aromatic heterocycles. The van der Waals surface area contributed by atoms with E-state index in [1.807, 2.05) is 228 Å². The average molecular weight is 1870 g/mol. The van der Waals surface area contributed by atoms with Gasteiger partial charge in [-0.2, -0.15) is 0 Å². The van der Waals surface area contributed by atoms with Gasteiger partial charge in [-0.05, 0) is 167 Å². The molecule has 5 saturated heterocycles. The topological polar surface area (TPSA) is 342 Å². The van der Waals surface area contributed by atoms with Crippen molar-refractivity contribution in [2.75, 3.05) is 65.4 Å². The summed E-state index contributed by atoms with van der Waals surface area (Å²) in [5.74, 6) is 1.34. The SMILES string of the molecule is CC(C)(C)C(=O)N1CCC(C(O)CC2c3ncccc3-c3cncn32)CC1.CC(C)(C)C(=O)N1CCC(C(O)CC2c3ncccc3-c3cncn32)CC1.CC(C)(C)C(=O)N1CCC(C(O)CC2c3ncccc3-c3cncn32)CC1.CC(C)[C@H](N)C(=O)N1CCC(F)(CCC2c3ccccc3-c3cncn32)CC1.CC(C)[C@H](N)C(=O)N1CCC(F)(CCC2c3ccccc3-c3cncn32)CC1. The van der Waals surface area contributed by atoms with Crippen LogP contribution in [0.5, 0.6) is 0 Å². The fourth-order valence-corrected chi connectivity index (χ4v) is 22.2. The van der Waals surface area contributed by atoms with Gasteiger partial charge in [-0.15, -0.1) is 0 Å². The zero-order valence-corrected chi connectivity index (χ0v) is 82.2. The van der Waals surface area contributed by atoms with Crippen molar-refractivity contribution in [3.05, 3.63) is 194 Å². The summed E-state index contributed by atoms with van der Waals surface area (Å²) in [6.45, 7) is 31.6. The molecule has 137 heavy (non-hydrogen) atoms. The van der Waals surface area contributed by atoms with Crippen LogP contribution in [0.2, 0.25) is 0 Å². The molecule has 8 unspecified atom stereocenters. The summed E-state index contributed by atoms with van der Waals surface area (Å²) in [6, 6.07) is 28.0. The Bertz CT molecular complexity index is 5360. The van der Waals surface area contributed by atoms with Crippen LogP contribution in [-0.4, -0.2) is 239 Å². The molecule has 5 amide bonds. The predicted octanol–water partition coefficient (Wildman–Crippen LogP) is 15.7. The van der Waals surface area contributed by atoms with E-state index in [4.69, 9.17) is 11.5 Å². The van der Waals surface area contributed by atoms with E-state index in [1.54, 1.807) is 9.80 Å². The lowest BCUT2D eigenvalue weighted by Crippen LogP contribution is -2.51. The Labute approximate surface area is 804 Å². The first-order valence-corrected chi connectivity index (χ1v) is 49.9. The number of fused-ring (bicyclic) bond motifs is 15. The Morgan fingerprint density at radius 3 is 0.876 bits per heavy atom. The molecule has 28 nitrogen and oxygen atoms in total. The third-order valence-electron chi connectivity index (χ3n) is 30.6. The molecule has 0 aliphatic carbocycles. The zero-order valence-electron chi connectivity index (χ0n) is 82.2. The molecule has 10 aliphatic heterocycles. The number of alkyl halides is 2. The summed E-state index contributed by atoms with van der Waals surface area (Å²) < 4.78 is 41.7. The number of likely N-dealkylation sites (tertiary alicyclic amines) is 5. The number of aromatic nitrogens is 13. The number of imidazole rings is 5. The maximum absolute atomic E-state index is 15.5. The number of nitrogens with two attached hydrogens (primary N) is 2. The Morgan fingerprint density at radius 2 is 0.613 bits per heavy atom. The Morgan fingerprint density at radius 1 is 0.365 bits per heavy atom. The van der Waals surface area contributed by atoms with Crippen molar-refractivity contribution in [2.24, 2.45) is 57.3 Å². The van der Waals surface area contributed by atoms with Crippen molar-refractivity contribution in [2.45, 2.75) is 271 Å². The predicted molar refractivity (Wildman–Crippen MR) is 524 cm³/mol. The molecule has 10 aliphatic rings.